The van der Waals surface area contributed by atoms with Crippen molar-refractivity contribution in [3.05, 3.63) is 108 Å². The van der Waals surface area contributed by atoms with Crippen molar-refractivity contribution in [2.75, 3.05) is 37.7 Å². The molecule has 4 amide bonds. The van der Waals surface area contributed by atoms with Crippen LogP contribution in [0.1, 0.15) is 48.8 Å². The second-order valence-electron chi connectivity index (χ2n) is 15.3. The highest BCUT2D eigenvalue weighted by atomic mass is 32.2. The van der Waals surface area contributed by atoms with E-state index in [0.717, 1.165) is 16.0 Å². The van der Waals surface area contributed by atoms with Gasteiger partial charge in [-0.15, -0.1) is 4.99 Å². The van der Waals surface area contributed by atoms with E-state index in [-0.39, 0.29) is 51.0 Å². The first-order chi connectivity index (χ1) is 30.1. The lowest BCUT2D eigenvalue weighted by Crippen LogP contribution is -2.57. The van der Waals surface area contributed by atoms with E-state index in [4.69, 9.17) is 14.6 Å². The summed E-state index contributed by atoms with van der Waals surface area (Å²) in [5.74, 6) is -6.82. The van der Waals surface area contributed by atoms with Crippen LogP contribution in [0.4, 0.5) is 9.59 Å². The molecule has 19 nitrogen and oxygen atoms in total. The number of nitrogens with one attached hydrogen (secondary N) is 3. The molecular formula is C42H52N6O13S2. The molecule has 5 N–H and O–H groups in total. The molecule has 21 heteroatoms. The van der Waals surface area contributed by atoms with Crippen LogP contribution in [0.15, 0.2) is 96.0 Å². The van der Waals surface area contributed by atoms with Gasteiger partial charge in [-0.1, -0.05) is 91.0 Å². The monoisotopic (exact) mass is 912 g/mol. The summed E-state index contributed by atoms with van der Waals surface area (Å²) < 4.78 is 64.8. The maximum Gasteiger partial charge on any atom is 0.437 e. The average molecular weight is 913 g/mol. The van der Waals surface area contributed by atoms with Gasteiger partial charge in [-0.3, -0.25) is 19.7 Å². The first kappa shape index (κ1) is 48.1. The first-order valence-electron chi connectivity index (χ1n) is 20.3. The Morgan fingerprint density at radius 3 is 1.98 bits per heavy atom. The van der Waals surface area contributed by atoms with Crippen LogP contribution < -0.4 is 15.4 Å². The number of sulfone groups is 1. The van der Waals surface area contributed by atoms with Gasteiger partial charge >= 0.3 is 18.2 Å². The minimum absolute atomic E-state index is 0.0230. The maximum atomic E-state index is 14.0. The van der Waals surface area contributed by atoms with E-state index in [1.807, 2.05) is 12.1 Å². The van der Waals surface area contributed by atoms with Gasteiger partial charge in [0, 0.05) is 19.6 Å². The molecule has 0 radical (unpaired) electrons. The number of hydrogen-bond donors (Lipinski definition) is 5. The molecule has 3 aromatic carbocycles. The Labute approximate surface area is 365 Å². The lowest BCUT2D eigenvalue weighted by atomic mass is 9.91. The molecule has 2 aliphatic heterocycles. The number of piperidine rings is 1. The van der Waals surface area contributed by atoms with E-state index >= 15 is 0 Å². The number of alkyl carbamates (subject to hydrolysis) is 1. The number of nitrogens with zero attached hydrogens (tertiary/aromatic N) is 3. The SMILES string of the molecule is O=C(O)CS(=O)(=O)CC(NS(=O)(=O)Cc1ccccc1)C(=O)N1CCCC1C(=O)NC(CO)CC1CCCN(C(=NC(=O)OCc2ccccc2)NC(=O)OCc2ccccc2)C1. The number of aliphatic hydroxyl groups excluding tert-OH is 1. The van der Waals surface area contributed by atoms with Gasteiger partial charge in [0.25, 0.3) is 0 Å². The first-order valence-corrected chi connectivity index (χ1v) is 23.8. The molecule has 0 aliphatic carbocycles. The molecular weight excluding hydrogens is 861 g/mol. The molecule has 0 aromatic heterocycles. The Kier molecular flexibility index (Phi) is 17.6. The number of aliphatic hydroxyl groups is 1. The predicted molar refractivity (Wildman–Crippen MR) is 229 cm³/mol. The number of carboxylic acids is 1. The van der Waals surface area contributed by atoms with E-state index < -0.39 is 91.8 Å². The predicted octanol–water partition coefficient (Wildman–Crippen LogP) is 2.16. The summed E-state index contributed by atoms with van der Waals surface area (Å²) in [6.07, 6.45) is 0.0685. The van der Waals surface area contributed by atoms with Crippen LogP contribution in [-0.4, -0.2) is 129 Å². The number of aliphatic carboxylic acids is 1. The highest BCUT2D eigenvalue weighted by molar-refractivity contribution is 7.92. The zero-order valence-corrected chi connectivity index (χ0v) is 36.0. The second-order valence-corrected chi connectivity index (χ2v) is 19.2. The summed E-state index contributed by atoms with van der Waals surface area (Å²) in [7, 11) is -8.86. The minimum atomic E-state index is -4.51. The quantitative estimate of drug-likeness (QED) is 0.0905. The van der Waals surface area contributed by atoms with E-state index in [1.54, 1.807) is 71.6 Å². The fraction of sp³-hybridized carbons (Fsp3) is 0.429. The van der Waals surface area contributed by atoms with Crippen molar-refractivity contribution < 1.29 is 60.5 Å². The van der Waals surface area contributed by atoms with Crippen molar-refractivity contribution >= 4 is 55.8 Å². The van der Waals surface area contributed by atoms with Gasteiger partial charge in [-0.05, 0) is 54.7 Å². The molecule has 63 heavy (non-hydrogen) atoms. The molecule has 0 bridgehead atoms. The van der Waals surface area contributed by atoms with Gasteiger partial charge in [0.15, 0.2) is 9.84 Å². The summed E-state index contributed by atoms with van der Waals surface area (Å²) in [4.78, 5) is 71.8. The number of benzene rings is 3. The van der Waals surface area contributed by atoms with E-state index in [0.29, 0.717) is 31.4 Å². The summed E-state index contributed by atoms with van der Waals surface area (Å²) in [6.45, 7) is -0.0151. The van der Waals surface area contributed by atoms with Gasteiger partial charge < -0.3 is 34.8 Å². The van der Waals surface area contributed by atoms with Gasteiger partial charge in [0.1, 0.15) is 31.1 Å². The van der Waals surface area contributed by atoms with E-state index in [9.17, 15) is 45.9 Å². The number of likely N-dealkylation sites (tertiary alicyclic amines) is 2. The normalized spacial score (nSPS) is 17.9. The molecule has 2 fully saturated rings. The Morgan fingerprint density at radius 2 is 1.38 bits per heavy atom. The van der Waals surface area contributed by atoms with Crippen molar-refractivity contribution in [2.45, 2.75) is 69.2 Å². The highest BCUT2D eigenvalue weighted by Crippen LogP contribution is 2.24. The number of rotatable bonds is 18. The second kappa shape index (κ2) is 23.0. The van der Waals surface area contributed by atoms with E-state index in [2.05, 4.69) is 20.3 Å². The lowest BCUT2D eigenvalue weighted by Gasteiger charge is -2.36. The van der Waals surface area contributed by atoms with Gasteiger partial charge in [-0.25, -0.2) is 31.1 Å². The largest absolute Gasteiger partial charge is 0.480 e. The molecule has 5 rings (SSSR count). The van der Waals surface area contributed by atoms with E-state index in [1.165, 1.54) is 12.1 Å². The van der Waals surface area contributed by atoms with Crippen molar-refractivity contribution in [1.82, 2.24) is 25.2 Å². The molecule has 340 valence electrons. The topological polar surface area (TPSA) is 267 Å². The summed E-state index contributed by atoms with van der Waals surface area (Å²) >= 11 is 0. The average Bonchev–Trinajstić information content (AvgIpc) is 3.75. The third kappa shape index (κ3) is 15.8. The zero-order valence-electron chi connectivity index (χ0n) is 34.4. The summed E-state index contributed by atoms with van der Waals surface area (Å²) in [5.41, 5.74) is 1.81. The molecule has 0 saturated carbocycles. The van der Waals surface area contributed by atoms with Crippen LogP contribution in [0.25, 0.3) is 0 Å². The smallest absolute Gasteiger partial charge is 0.437 e. The molecule has 3 aromatic rings. The summed E-state index contributed by atoms with van der Waals surface area (Å²) in [6, 6.07) is 21.9. The highest BCUT2D eigenvalue weighted by Gasteiger charge is 2.41. The molecule has 4 unspecified atom stereocenters. The number of ether oxygens (including phenoxy) is 2. The van der Waals surface area contributed by atoms with Gasteiger partial charge in [0.2, 0.25) is 27.8 Å². The number of carbonyl (C=O) groups is 5. The van der Waals surface area contributed by atoms with Crippen LogP contribution >= 0.6 is 0 Å². The Morgan fingerprint density at radius 1 is 0.794 bits per heavy atom. The lowest BCUT2D eigenvalue weighted by molar-refractivity contribution is -0.139. The van der Waals surface area contributed by atoms with Crippen LogP contribution in [0.5, 0.6) is 0 Å². The molecule has 4 atom stereocenters. The van der Waals surface area contributed by atoms with Gasteiger partial charge in [0.05, 0.1) is 24.2 Å². The van der Waals surface area contributed by atoms with Crippen LogP contribution in [0.3, 0.4) is 0 Å². The number of guanidine groups is 1. The fourth-order valence-electron chi connectivity index (χ4n) is 7.41. The fourth-order valence-corrected chi connectivity index (χ4v) is 10.1. The molecule has 2 aliphatic rings. The Balaban J connectivity index is 1.25. The molecule has 2 saturated heterocycles. The number of carboxylic acid groups (broad SMARTS) is 1. The number of carbonyl (C=O) groups excluding carboxylic acids is 4. The van der Waals surface area contributed by atoms with Crippen molar-refractivity contribution in [1.29, 1.82) is 0 Å². The minimum Gasteiger partial charge on any atom is -0.480 e. The number of aliphatic imine (C=N–C) groups is 1. The molecule has 0 spiro atoms. The van der Waals surface area contributed by atoms with Gasteiger partial charge in [-0.2, -0.15) is 0 Å². The number of sulfonamides is 1. The van der Waals surface area contributed by atoms with Crippen molar-refractivity contribution in [2.24, 2.45) is 10.9 Å². The number of hydrogen-bond acceptors (Lipinski definition) is 12. The maximum absolute atomic E-state index is 14.0. The van der Waals surface area contributed by atoms with Crippen molar-refractivity contribution in [3.63, 3.8) is 0 Å². The van der Waals surface area contributed by atoms with Crippen molar-refractivity contribution in [3.8, 4) is 0 Å². The molecule has 2 heterocycles. The van der Waals surface area contributed by atoms with Crippen LogP contribution in [0.2, 0.25) is 0 Å². The third-order valence-corrected chi connectivity index (χ3v) is 13.1. The Bertz CT molecular complexity index is 2290. The zero-order chi connectivity index (χ0) is 45.4. The Hall–Kier alpha value is -5.90. The summed E-state index contributed by atoms with van der Waals surface area (Å²) in [5, 5.41) is 24.9. The third-order valence-electron chi connectivity index (χ3n) is 10.3. The number of amides is 4. The standard InChI is InChI=1S/C42H52N6O13S2/c49-24-34(43-38(52)36-19-11-21-48(36)39(53)35(28-62(56,57)29-37(50)51)46-63(58,59)27-32-16-8-3-9-17-32)22-33-18-10-20-47(23-33)40(44-41(54)60-25-30-12-4-1-5-13-30)45-42(55)61-26-31-14-6-2-7-15-31/h1-9,12-17,33-36,46,49H,10-11,18-29H2,(H,43,52)(H,50,51)(H,44,45,54,55). The van der Waals surface area contributed by atoms with Crippen LogP contribution in [0, 0.1) is 5.92 Å². The van der Waals surface area contributed by atoms with Crippen LogP contribution in [-0.2, 0) is 62.7 Å².